The minimum absolute atomic E-state index is 0.0240. The summed E-state index contributed by atoms with van der Waals surface area (Å²) in [5.41, 5.74) is 0.118. The number of ether oxygens (including phenoxy) is 1. The lowest BCUT2D eigenvalue weighted by molar-refractivity contribution is -0.116. The molecule has 29 heavy (non-hydrogen) atoms. The first-order valence-electron chi connectivity index (χ1n) is 7.45. The van der Waals surface area contributed by atoms with Gasteiger partial charge in [-0.05, 0) is 94.9 Å². The average molecular weight is 677 g/mol. The molecule has 2 aromatic rings. The number of phenols is 1. The second-order valence-electron chi connectivity index (χ2n) is 5.58. The van der Waals surface area contributed by atoms with Crippen LogP contribution in [0.15, 0.2) is 64.1 Å². The third kappa shape index (κ3) is 5.48. The van der Waals surface area contributed by atoms with E-state index in [2.05, 4.69) is 70.3 Å². The van der Waals surface area contributed by atoms with Crippen molar-refractivity contribution in [2.24, 2.45) is 0 Å². The van der Waals surface area contributed by atoms with E-state index in [1.807, 2.05) is 5.32 Å². The summed E-state index contributed by atoms with van der Waals surface area (Å²) in [6.07, 6.45) is -1.05. The van der Waals surface area contributed by atoms with Crippen LogP contribution in [0.2, 0.25) is 0 Å². The van der Waals surface area contributed by atoms with Crippen molar-refractivity contribution in [2.75, 3.05) is 0 Å². The molecule has 0 aliphatic heterocycles. The van der Waals surface area contributed by atoms with Gasteiger partial charge in [-0.2, -0.15) is 0 Å². The molecular formula is C17H11Br4NO6S. The lowest BCUT2D eigenvalue weighted by Gasteiger charge is -2.12. The van der Waals surface area contributed by atoms with E-state index in [1.54, 1.807) is 0 Å². The predicted octanol–water partition coefficient (Wildman–Crippen LogP) is 5.47. The number of halogens is 4. The van der Waals surface area contributed by atoms with E-state index in [1.165, 1.54) is 31.2 Å². The van der Waals surface area contributed by atoms with Gasteiger partial charge in [-0.1, -0.05) is 6.58 Å². The highest BCUT2D eigenvalue weighted by Crippen LogP contribution is 2.40. The summed E-state index contributed by atoms with van der Waals surface area (Å²) in [6, 6.07) is 5.02. The van der Waals surface area contributed by atoms with Gasteiger partial charge in [-0.3, -0.25) is 10.1 Å². The van der Waals surface area contributed by atoms with Crippen LogP contribution in [0.3, 0.4) is 0 Å². The van der Waals surface area contributed by atoms with Crippen LogP contribution >= 0.6 is 63.7 Å². The smallest absolute Gasteiger partial charge is 0.419 e. The van der Waals surface area contributed by atoms with Crippen molar-refractivity contribution in [2.45, 2.75) is 16.7 Å². The van der Waals surface area contributed by atoms with Gasteiger partial charge in [0.15, 0.2) is 5.75 Å². The number of imide groups is 1. The van der Waals surface area contributed by atoms with Gasteiger partial charge in [0.05, 0.1) is 27.7 Å². The minimum Gasteiger partial charge on any atom is -0.506 e. The van der Waals surface area contributed by atoms with Crippen LogP contribution in [-0.2, 0) is 14.6 Å². The van der Waals surface area contributed by atoms with Gasteiger partial charge in [0.25, 0.3) is 5.91 Å². The average Bonchev–Trinajstić information content (AvgIpc) is 2.61. The van der Waals surface area contributed by atoms with Crippen molar-refractivity contribution >= 4 is 85.6 Å². The molecule has 12 heteroatoms. The number of amides is 2. The van der Waals surface area contributed by atoms with Gasteiger partial charge in [0, 0.05) is 5.57 Å². The maximum atomic E-state index is 13.0. The number of nitrogens with one attached hydrogen (secondary N) is 1. The van der Waals surface area contributed by atoms with Crippen LogP contribution < -0.4 is 10.1 Å². The van der Waals surface area contributed by atoms with Gasteiger partial charge in [-0.15, -0.1) is 0 Å². The Balaban J connectivity index is 2.41. The number of sulfone groups is 1. The molecule has 0 aromatic heterocycles. The quantitative estimate of drug-likeness (QED) is 0.416. The first-order chi connectivity index (χ1) is 13.3. The van der Waals surface area contributed by atoms with Crippen LogP contribution in [0.4, 0.5) is 4.79 Å². The normalized spacial score (nSPS) is 11.1. The Kier molecular flexibility index (Phi) is 7.71. The van der Waals surface area contributed by atoms with Crippen LogP contribution in [0, 0.1) is 0 Å². The molecule has 0 saturated carbocycles. The molecule has 0 radical (unpaired) electrons. The summed E-state index contributed by atoms with van der Waals surface area (Å²) in [4.78, 5) is 23.2. The molecule has 2 rings (SSSR count). The highest BCUT2D eigenvalue weighted by Gasteiger charge is 2.24. The van der Waals surface area contributed by atoms with Crippen molar-refractivity contribution in [3.05, 3.63) is 54.3 Å². The van der Waals surface area contributed by atoms with E-state index < -0.39 is 21.8 Å². The number of benzene rings is 2. The Morgan fingerprint density at radius 2 is 1.38 bits per heavy atom. The fraction of sp³-hybridized carbons (Fsp3) is 0.0588. The Morgan fingerprint density at radius 3 is 1.79 bits per heavy atom. The van der Waals surface area contributed by atoms with Gasteiger partial charge in [-0.25, -0.2) is 13.2 Å². The van der Waals surface area contributed by atoms with E-state index in [0.717, 1.165) is 0 Å². The molecule has 0 bridgehead atoms. The molecule has 0 aliphatic rings. The zero-order chi connectivity index (χ0) is 22.1. The molecule has 2 aromatic carbocycles. The first-order valence-corrected chi connectivity index (χ1v) is 12.1. The van der Waals surface area contributed by atoms with Crippen LogP contribution in [0.5, 0.6) is 11.5 Å². The van der Waals surface area contributed by atoms with Gasteiger partial charge >= 0.3 is 6.09 Å². The zero-order valence-corrected chi connectivity index (χ0v) is 21.6. The fourth-order valence-corrected chi connectivity index (χ4v) is 6.45. The fourth-order valence-electron chi connectivity index (χ4n) is 1.94. The van der Waals surface area contributed by atoms with Gasteiger partial charge in [0.1, 0.15) is 5.75 Å². The summed E-state index contributed by atoms with van der Waals surface area (Å²) >= 11 is 12.5. The summed E-state index contributed by atoms with van der Waals surface area (Å²) in [7, 11) is -3.97. The Labute approximate surface area is 199 Å². The van der Waals surface area contributed by atoms with E-state index in [0.29, 0.717) is 0 Å². The molecule has 0 spiro atoms. The van der Waals surface area contributed by atoms with Crippen molar-refractivity contribution in [3.63, 3.8) is 0 Å². The van der Waals surface area contributed by atoms with Gasteiger partial charge in [0.2, 0.25) is 9.84 Å². The molecule has 2 N–H and O–H groups in total. The van der Waals surface area contributed by atoms with E-state index in [9.17, 15) is 23.1 Å². The third-order valence-corrected chi connectivity index (χ3v) is 7.48. The SMILES string of the molecule is C=C(C)C(=O)NC(=O)Oc1c(Br)cc(S(=O)(=O)c2cc(Br)c(O)c(Br)c2)cc1Br. The molecule has 154 valence electrons. The molecule has 7 nitrogen and oxygen atoms in total. The van der Waals surface area contributed by atoms with Crippen molar-refractivity contribution in [3.8, 4) is 11.5 Å². The molecule has 0 fully saturated rings. The topological polar surface area (TPSA) is 110 Å². The maximum Gasteiger partial charge on any atom is 0.419 e. The maximum absolute atomic E-state index is 13.0. The van der Waals surface area contributed by atoms with Crippen LogP contribution in [0.1, 0.15) is 6.92 Å². The Bertz CT molecular complexity index is 1100. The van der Waals surface area contributed by atoms with E-state index in [4.69, 9.17) is 4.74 Å². The number of phenolic OH excluding ortho intramolecular Hbond substituents is 1. The van der Waals surface area contributed by atoms with Crippen molar-refractivity contribution in [1.29, 1.82) is 0 Å². The number of carbonyl (C=O) groups is 2. The number of hydrogen-bond donors (Lipinski definition) is 2. The Hall–Kier alpha value is -1.21. The highest BCUT2D eigenvalue weighted by atomic mass is 79.9. The molecule has 0 heterocycles. The van der Waals surface area contributed by atoms with E-state index >= 15 is 0 Å². The minimum atomic E-state index is -3.97. The van der Waals surface area contributed by atoms with Crippen LogP contribution in [-0.4, -0.2) is 25.5 Å². The van der Waals surface area contributed by atoms with Crippen molar-refractivity contribution < 1.29 is 27.9 Å². The standard InChI is InChI=1S/C17H11Br4NO6S/c1-7(2)16(24)22-17(25)28-15-12(20)5-9(6-13(15)21)29(26,27)8-3-10(18)14(23)11(19)4-8/h3-6,23H,1H2,2H3,(H,22,24,25). The predicted molar refractivity (Wildman–Crippen MR) is 120 cm³/mol. The number of carbonyl (C=O) groups excluding carboxylic acids is 2. The lowest BCUT2D eigenvalue weighted by Crippen LogP contribution is -2.33. The summed E-state index contributed by atoms with van der Waals surface area (Å²) in [5, 5.41) is 11.8. The van der Waals surface area contributed by atoms with Crippen LogP contribution in [0.25, 0.3) is 0 Å². The summed E-state index contributed by atoms with van der Waals surface area (Å²) in [6.45, 7) is 4.83. The number of rotatable bonds is 4. The monoisotopic (exact) mass is 673 g/mol. The molecular weight excluding hydrogens is 666 g/mol. The zero-order valence-electron chi connectivity index (χ0n) is 14.4. The van der Waals surface area contributed by atoms with E-state index in [-0.39, 0.29) is 44.8 Å². The molecule has 2 amide bonds. The number of hydrogen-bond acceptors (Lipinski definition) is 6. The Morgan fingerprint density at radius 1 is 0.966 bits per heavy atom. The first kappa shape index (κ1) is 24.1. The second-order valence-corrected chi connectivity index (χ2v) is 10.9. The van der Waals surface area contributed by atoms with Gasteiger partial charge < -0.3 is 9.84 Å². The molecule has 0 saturated heterocycles. The highest BCUT2D eigenvalue weighted by molar-refractivity contribution is 9.11. The second kappa shape index (κ2) is 9.29. The van der Waals surface area contributed by atoms with Crippen molar-refractivity contribution in [1.82, 2.24) is 5.32 Å². The molecule has 0 unspecified atom stereocenters. The third-order valence-electron chi connectivity index (χ3n) is 3.38. The molecule has 0 aliphatic carbocycles. The summed E-state index contributed by atoms with van der Waals surface area (Å²) in [5.74, 6) is -0.862. The number of aromatic hydroxyl groups is 1. The summed E-state index contributed by atoms with van der Waals surface area (Å²) < 4.78 is 31.7. The lowest BCUT2D eigenvalue weighted by atomic mass is 10.3. The largest absolute Gasteiger partial charge is 0.506 e. The molecule has 0 atom stereocenters.